The number of carboxylic acids is 1. The predicted molar refractivity (Wildman–Crippen MR) is 159 cm³/mol. The second-order valence-electron chi connectivity index (χ2n) is 12.1. The zero-order chi connectivity index (χ0) is 34.5. The van der Waals surface area contributed by atoms with Crippen LogP contribution in [0.4, 0.5) is 0 Å². The molecular weight excluding hydrogens is 620 g/mol. The number of carbonyl (C=O) groups is 5. The van der Waals surface area contributed by atoms with Crippen LogP contribution in [0.1, 0.15) is 88.6 Å². The smallest absolute Gasteiger partial charge is 0.320 e. The Kier molecular flexibility index (Phi) is 9.14. The van der Waals surface area contributed by atoms with Gasteiger partial charge in [0.1, 0.15) is 35.0 Å². The number of fused-ring (bicyclic) bond motifs is 3. The molecule has 0 bridgehead atoms. The molecule has 1 fully saturated rings. The van der Waals surface area contributed by atoms with Crippen LogP contribution >= 0.6 is 0 Å². The maximum atomic E-state index is 13.8. The molecule has 0 spiro atoms. The first kappa shape index (κ1) is 33.9. The Morgan fingerprint density at radius 2 is 1.81 bits per heavy atom. The average Bonchev–Trinajstić information content (AvgIpc) is 3.01. The Balaban J connectivity index is 1.51. The number of carboxylic acid groups (broad SMARTS) is 1. The van der Waals surface area contributed by atoms with Crippen LogP contribution in [0, 0.1) is 0 Å². The van der Waals surface area contributed by atoms with Crippen LogP contribution in [0.3, 0.4) is 0 Å². The standard InChI is InChI=1S/C32H36N2O13/c1-12-26(37)17(34-20(36)8-7-16(33)31(42)43)9-21(46-12)47-19-11-32(44,13(2)35)10-15-23(19)30(41)25-24(28(15)39)27(38)14-5-4-6-18(45-3)22(14)29(25)40/h4-6,12,16-17,19,21,26,37,39,41,44H,7-11,33H2,1-3H3,(H,34,36)(H,42,43)/t12-,16-,17-,19-,21-,26+,32-/m0/s1. The molecule has 2 aromatic rings. The number of carbonyl (C=O) groups excluding carboxylic acids is 4. The number of hydrogen-bond donors (Lipinski definition) is 7. The van der Waals surface area contributed by atoms with Gasteiger partial charge >= 0.3 is 5.97 Å². The summed E-state index contributed by atoms with van der Waals surface area (Å²) in [6.07, 6.45) is -6.22. The van der Waals surface area contributed by atoms with Gasteiger partial charge in [0.25, 0.3) is 0 Å². The molecule has 1 heterocycles. The van der Waals surface area contributed by atoms with E-state index in [0.29, 0.717) is 0 Å². The Bertz CT molecular complexity index is 1670. The van der Waals surface area contributed by atoms with Crippen LogP contribution in [0.25, 0.3) is 0 Å². The van der Waals surface area contributed by atoms with Gasteiger partial charge in [0.2, 0.25) is 11.7 Å². The van der Waals surface area contributed by atoms with Crippen molar-refractivity contribution < 1.29 is 63.7 Å². The molecule has 3 aliphatic rings. The lowest BCUT2D eigenvalue weighted by Gasteiger charge is -2.42. The minimum Gasteiger partial charge on any atom is -0.507 e. The molecule has 1 saturated heterocycles. The van der Waals surface area contributed by atoms with Crippen molar-refractivity contribution in [1.82, 2.24) is 5.32 Å². The van der Waals surface area contributed by atoms with Gasteiger partial charge in [0.15, 0.2) is 17.9 Å². The van der Waals surface area contributed by atoms with Crippen LogP contribution in [0.15, 0.2) is 18.2 Å². The van der Waals surface area contributed by atoms with E-state index in [4.69, 9.17) is 25.1 Å². The number of amides is 1. The number of ether oxygens (including phenoxy) is 3. The Labute approximate surface area is 268 Å². The van der Waals surface area contributed by atoms with Crippen molar-refractivity contribution in [3.63, 3.8) is 0 Å². The minimum absolute atomic E-state index is 0.0666. The van der Waals surface area contributed by atoms with E-state index in [1.165, 1.54) is 32.2 Å². The van der Waals surface area contributed by atoms with E-state index in [9.17, 15) is 44.4 Å². The lowest BCUT2D eigenvalue weighted by Crippen LogP contribution is -2.55. The summed E-state index contributed by atoms with van der Waals surface area (Å²) < 4.78 is 17.3. The van der Waals surface area contributed by atoms with Crippen LogP contribution in [-0.2, 0) is 30.3 Å². The van der Waals surface area contributed by atoms with E-state index in [1.54, 1.807) is 0 Å². The topological polar surface area (TPSA) is 252 Å². The summed E-state index contributed by atoms with van der Waals surface area (Å²) in [6.45, 7) is 2.64. The monoisotopic (exact) mass is 656 g/mol. The van der Waals surface area contributed by atoms with Crippen molar-refractivity contribution in [1.29, 1.82) is 0 Å². The van der Waals surface area contributed by atoms with Gasteiger partial charge < -0.3 is 50.8 Å². The first-order valence-electron chi connectivity index (χ1n) is 15.0. The van der Waals surface area contributed by atoms with Crippen molar-refractivity contribution in [2.75, 3.05) is 7.11 Å². The normalized spacial score (nSPS) is 27.2. The van der Waals surface area contributed by atoms with Crippen molar-refractivity contribution in [3.05, 3.63) is 51.6 Å². The zero-order valence-corrected chi connectivity index (χ0v) is 25.8. The van der Waals surface area contributed by atoms with Crippen molar-refractivity contribution in [2.45, 2.75) is 88.2 Å². The molecule has 2 aliphatic carbocycles. The number of nitrogens with two attached hydrogens (primary N) is 1. The molecule has 2 aromatic carbocycles. The highest BCUT2D eigenvalue weighted by Crippen LogP contribution is 2.52. The molecule has 0 radical (unpaired) electrons. The summed E-state index contributed by atoms with van der Waals surface area (Å²) in [4.78, 5) is 63.7. The largest absolute Gasteiger partial charge is 0.507 e. The summed E-state index contributed by atoms with van der Waals surface area (Å²) in [5.74, 6) is -5.45. The molecule has 5 rings (SSSR count). The Hall–Kier alpha value is -4.41. The number of phenolic OH excluding ortho intramolecular Hbond substituents is 2. The highest BCUT2D eigenvalue weighted by Gasteiger charge is 2.49. The van der Waals surface area contributed by atoms with Gasteiger partial charge in [-0.1, -0.05) is 12.1 Å². The molecule has 0 aromatic heterocycles. The maximum absolute atomic E-state index is 13.8. The minimum atomic E-state index is -2.12. The van der Waals surface area contributed by atoms with Gasteiger partial charge in [0, 0.05) is 42.4 Å². The van der Waals surface area contributed by atoms with Gasteiger partial charge in [-0.25, -0.2) is 0 Å². The van der Waals surface area contributed by atoms with Crippen LogP contribution in [-0.4, -0.2) is 98.1 Å². The van der Waals surface area contributed by atoms with Gasteiger partial charge in [-0.05, 0) is 26.3 Å². The highest BCUT2D eigenvalue weighted by molar-refractivity contribution is 6.31. The van der Waals surface area contributed by atoms with Crippen LogP contribution in [0.5, 0.6) is 17.2 Å². The third-order valence-electron chi connectivity index (χ3n) is 9.10. The van der Waals surface area contributed by atoms with Gasteiger partial charge in [-0.3, -0.25) is 24.0 Å². The Morgan fingerprint density at radius 3 is 2.45 bits per heavy atom. The summed E-state index contributed by atoms with van der Waals surface area (Å²) in [7, 11) is 1.31. The first-order valence-corrected chi connectivity index (χ1v) is 15.0. The lowest BCUT2D eigenvalue weighted by atomic mass is 9.72. The van der Waals surface area contributed by atoms with Crippen LogP contribution < -0.4 is 15.8 Å². The van der Waals surface area contributed by atoms with Crippen molar-refractivity contribution in [3.8, 4) is 17.2 Å². The number of aliphatic carboxylic acids is 1. The van der Waals surface area contributed by atoms with Gasteiger partial charge in [-0.2, -0.15) is 0 Å². The molecule has 7 atom stereocenters. The molecule has 15 heteroatoms. The summed E-state index contributed by atoms with van der Waals surface area (Å²) in [5, 5.41) is 56.8. The molecule has 252 valence electrons. The van der Waals surface area contributed by atoms with Crippen LogP contribution in [0.2, 0.25) is 0 Å². The number of ketones is 3. The van der Waals surface area contributed by atoms with E-state index in [1.807, 2.05) is 0 Å². The highest BCUT2D eigenvalue weighted by atomic mass is 16.7. The fourth-order valence-electron chi connectivity index (χ4n) is 6.46. The number of Topliss-reactive ketones (excluding diaryl/α,β-unsaturated/α-hetero) is 1. The molecule has 1 amide bonds. The van der Waals surface area contributed by atoms with Gasteiger partial charge in [0.05, 0.1) is 42.0 Å². The van der Waals surface area contributed by atoms with E-state index in [0.717, 1.165) is 6.92 Å². The molecule has 15 nitrogen and oxygen atoms in total. The third-order valence-corrected chi connectivity index (χ3v) is 9.10. The number of rotatable bonds is 9. The summed E-state index contributed by atoms with van der Waals surface area (Å²) in [6, 6.07) is 2.13. The average molecular weight is 657 g/mol. The third kappa shape index (κ3) is 5.96. The van der Waals surface area contributed by atoms with E-state index in [-0.39, 0.29) is 47.3 Å². The Morgan fingerprint density at radius 1 is 1.13 bits per heavy atom. The number of aliphatic hydroxyl groups excluding tert-OH is 1. The summed E-state index contributed by atoms with van der Waals surface area (Å²) >= 11 is 0. The van der Waals surface area contributed by atoms with E-state index < -0.39 is 107 Å². The molecule has 1 aliphatic heterocycles. The zero-order valence-electron chi connectivity index (χ0n) is 25.8. The molecular formula is C32H36N2O13. The lowest BCUT2D eigenvalue weighted by molar-refractivity contribution is -0.249. The molecule has 0 saturated carbocycles. The maximum Gasteiger partial charge on any atom is 0.320 e. The predicted octanol–water partition coefficient (Wildman–Crippen LogP) is 0.379. The van der Waals surface area contributed by atoms with Crippen molar-refractivity contribution in [2.24, 2.45) is 5.73 Å². The first-order chi connectivity index (χ1) is 22.1. The number of hydrogen-bond acceptors (Lipinski definition) is 13. The van der Waals surface area contributed by atoms with Gasteiger partial charge in [-0.15, -0.1) is 0 Å². The molecule has 0 unspecified atom stereocenters. The number of methoxy groups -OCH3 is 1. The van der Waals surface area contributed by atoms with E-state index >= 15 is 0 Å². The summed E-state index contributed by atoms with van der Waals surface area (Å²) in [5.41, 5.74) is 1.88. The second-order valence-corrected chi connectivity index (χ2v) is 12.1. The fraction of sp³-hybridized carbons (Fsp3) is 0.469. The van der Waals surface area contributed by atoms with E-state index in [2.05, 4.69) is 5.32 Å². The number of benzene rings is 2. The number of phenols is 2. The number of nitrogens with one attached hydrogen (secondary N) is 1. The van der Waals surface area contributed by atoms with Crippen molar-refractivity contribution >= 4 is 29.2 Å². The SMILES string of the molecule is COc1cccc2c1C(=O)c1c(O)c3c(c(O)c1C2=O)C[C@@](O)(C(C)=O)C[C@@H]3O[C@H]1C[C@H](NC(=O)CC[C@H](N)C(=O)O)[C@H](O)[C@H](C)O1. The number of aliphatic hydroxyl groups is 2. The quantitative estimate of drug-likeness (QED) is 0.154. The fourth-order valence-corrected chi connectivity index (χ4v) is 6.46. The second kappa shape index (κ2) is 12.7. The molecule has 8 N–H and O–H groups in total. The molecule has 47 heavy (non-hydrogen) atoms. The number of aromatic hydroxyl groups is 2.